The molecule has 0 unspecified atom stereocenters. The molecule has 5 nitrogen and oxygen atoms in total. The maximum absolute atomic E-state index is 14.5. The van der Waals surface area contributed by atoms with E-state index in [1.165, 1.54) is 29.4 Å². The minimum Gasteiger partial charge on any atom is -0.313 e. The number of aryl methyl sites for hydroxylation is 1. The van der Waals surface area contributed by atoms with E-state index in [0.717, 1.165) is 4.88 Å². The van der Waals surface area contributed by atoms with Crippen LogP contribution in [0, 0.1) is 24.1 Å². The number of nitrogens with one attached hydrogen (secondary N) is 1. The van der Waals surface area contributed by atoms with Crippen molar-refractivity contribution in [3.63, 3.8) is 0 Å². The summed E-state index contributed by atoms with van der Waals surface area (Å²) in [4.78, 5) is 19.3. The Hall–Kier alpha value is -2.60. The molecule has 3 aromatic rings. The van der Waals surface area contributed by atoms with Crippen LogP contribution >= 0.6 is 34.9 Å². The van der Waals surface area contributed by atoms with Crippen molar-refractivity contribution in [3.8, 4) is 6.07 Å². The molecule has 1 heterocycles. The second-order valence-corrected chi connectivity index (χ2v) is 8.20. The standard InChI is InChI=1S/C20H16ClFN4OS2/c1-12-18(19(27)25-28-2)24-20(29-12)26(15-8-6-13(10-23)7-9-15)11-14-4-3-5-16(21)17(14)22/h3-9H,11H2,1-2H3,(H,25,27). The number of amides is 1. The van der Waals surface area contributed by atoms with Gasteiger partial charge in [-0.1, -0.05) is 35.7 Å². The summed E-state index contributed by atoms with van der Waals surface area (Å²) in [6.45, 7) is 1.97. The molecule has 9 heteroatoms. The van der Waals surface area contributed by atoms with Gasteiger partial charge in [-0.25, -0.2) is 9.37 Å². The molecule has 0 radical (unpaired) electrons. The third-order valence-electron chi connectivity index (χ3n) is 4.09. The van der Waals surface area contributed by atoms with Crippen LogP contribution in [0.2, 0.25) is 5.02 Å². The largest absolute Gasteiger partial charge is 0.313 e. The van der Waals surface area contributed by atoms with Crippen LogP contribution in [-0.4, -0.2) is 17.1 Å². The monoisotopic (exact) mass is 446 g/mol. The van der Waals surface area contributed by atoms with Gasteiger partial charge in [-0.3, -0.25) is 9.52 Å². The summed E-state index contributed by atoms with van der Waals surface area (Å²) in [5.41, 5.74) is 1.95. The first kappa shape index (κ1) is 21.1. The van der Waals surface area contributed by atoms with Crippen molar-refractivity contribution in [2.75, 3.05) is 11.2 Å². The summed E-state index contributed by atoms with van der Waals surface area (Å²) in [6.07, 6.45) is 1.76. The van der Waals surface area contributed by atoms with Crippen LogP contribution in [0.5, 0.6) is 0 Å². The van der Waals surface area contributed by atoms with Crippen molar-refractivity contribution in [1.82, 2.24) is 9.71 Å². The van der Waals surface area contributed by atoms with E-state index >= 15 is 0 Å². The summed E-state index contributed by atoms with van der Waals surface area (Å²) in [6, 6.07) is 13.8. The lowest BCUT2D eigenvalue weighted by Crippen LogP contribution is -2.19. The Bertz CT molecular complexity index is 1080. The smallest absolute Gasteiger partial charge is 0.280 e. The van der Waals surface area contributed by atoms with Crippen LogP contribution in [0.25, 0.3) is 0 Å². The van der Waals surface area contributed by atoms with Crippen LogP contribution < -0.4 is 9.62 Å². The van der Waals surface area contributed by atoms with E-state index < -0.39 is 5.82 Å². The van der Waals surface area contributed by atoms with Crippen LogP contribution in [0.1, 0.15) is 26.5 Å². The average Bonchev–Trinajstić information content (AvgIpc) is 3.11. The maximum Gasteiger partial charge on any atom is 0.280 e. The molecule has 0 fully saturated rings. The number of benzene rings is 2. The number of rotatable bonds is 6. The first-order valence-corrected chi connectivity index (χ1v) is 10.9. The van der Waals surface area contributed by atoms with Crippen LogP contribution in [0.4, 0.5) is 15.2 Å². The molecule has 0 bridgehead atoms. The highest BCUT2D eigenvalue weighted by Crippen LogP contribution is 2.34. The molecule has 0 aliphatic carbocycles. The average molecular weight is 447 g/mol. The first-order chi connectivity index (χ1) is 13.9. The van der Waals surface area contributed by atoms with Gasteiger partial charge in [0.05, 0.1) is 23.2 Å². The van der Waals surface area contributed by atoms with Crippen LogP contribution in [-0.2, 0) is 6.54 Å². The number of anilines is 2. The molecule has 0 aliphatic heterocycles. The normalized spacial score (nSPS) is 10.4. The Morgan fingerprint density at radius 2 is 2.07 bits per heavy atom. The number of aromatic nitrogens is 1. The number of thiazole rings is 1. The molecular weight excluding hydrogens is 431 g/mol. The maximum atomic E-state index is 14.5. The van der Waals surface area contributed by atoms with Gasteiger partial charge in [0.25, 0.3) is 5.91 Å². The molecule has 0 saturated heterocycles. The molecule has 0 spiro atoms. The minimum atomic E-state index is -0.499. The third kappa shape index (κ3) is 4.70. The summed E-state index contributed by atoms with van der Waals surface area (Å²) in [5, 5.41) is 9.63. The number of nitriles is 1. The highest BCUT2D eigenvalue weighted by molar-refractivity contribution is 7.97. The second-order valence-electron chi connectivity index (χ2n) is 5.99. The van der Waals surface area contributed by atoms with Gasteiger partial charge >= 0.3 is 0 Å². The van der Waals surface area contributed by atoms with Crippen molar-refractivity contribution < 1.29 is 9.18 Å². The predicted octanol–water partition coefficient (Wildman–Crippen LogP) is 5.46. The Morgan fingerprint density at radius 3 is 2.72 bits per heavy atom. The van der Waals surface area contributed by atoms with E-state index in [1.807, 2.05) is 6.92 Å². The summed E-state index contributed by atoms with van der Waals surface area (Å²) in [5.74, 6) is -0.785. The van der Waals surface area contributed by atoms with Gasteiger partial charge in [0.15, 0.2) is 5.13 Å². The number of carbonyl (C=O) groups excluding carboxylic acids is 1. The van der Waals surface area contributed by atoms with Crippen molar-refractivity contribution in [1.29, 1.82) is 5.26 Å². The highest BCUT2D eigenvalue weighted by atomic mass is 35.5. The molecule has 0 saturated carbocycles. The summed E-state index contributed by atoms with van der Waals surface area (Å²) < 4.78 is 17.2. The van der Waals surface area contributed by atoms with Gasteiger partial charge in [0, 0.05) is 22.4 Å². The van der Waals surface area contributed by atoms with E-state index in [2.05, 4.69) is 15.8 Å². The van der Waals surface area contributed by atoms with Crippen molar-refractivity contribution >= 4 is 51.6 Å². The quantitative estimate of drug-likeness (QED) is 0.509. The van der Waals surface area contributed by atoms with Gasteiger partial charge in [-0.2, -0.15) is 5.26 Å². The predicted molar refractivity (Wildman–Crippen MR) is 116 cm³/mol. The summed E-state index contributed by atoms with van der Waals surface area (Å²) in [7, 11) is 0. The highest BCUT2D eigenvalue weighted by Gasteiger charge is 2.21. The number of carbonyl (C=O) groups is 1. The number of nitrogens with zero attached hydrogens (tertiary/aromatic N) is 3. The van der Waals surface area contributed by atoms with Crippen LogP contribution in [0.3, 0.4) is 0 Å². The lowest BCUT2D eigenvalue weighted by Gasteiger charge is -2.22. The van der Waals surface area contributed by atoms with Crippen molar-refractivity contribution in [3.05, 3.63) is 75.0 Å². The molecule has 1 aromatic heterocycles. The van der Waals surface area contributed by atoms with E-state index in [1.54, 1.807) is 47.6 Å². The van der Waals surface area contributed by atoms with Crippen LogP contribution in [0.15, 0.2) is 42.5 Å². The van der Waals surface area contributed by atoms with E-state index in [9.17, 15) is 9.18 Å². The molecule has 148 valence electrons. The van der Waals surface area contributed by atoms with Crippen molar-refractivity contribution in [2.45, 2.75) is 13.5 Å². The lowest BCUT2D eigenvalue weighted by atomic mass is 10.1. The zero-order valence-corrected chi connectivity index (χ0v) is 18.0. The molecule has 3 rings (SSSR count). The fourth-order valence-electron chi connectivity index (χ4n) is 2.68. The fraction of sp³-hybridized carbons (Fsp3) is 0.150. The SMILES string of the molecule is CSNC(=O)c1nc(N(Cc2cccc(Cl)c2F)c2ccc(C#N)cc2)sc1C. The van der Waals surface area contributed by atoms with Gasteiger partial charge in [-0.15, -0.1) is 11.3 Å². The fourth-order valence-corrected chi connectivity index (χ4v) is 4.08. The zero-order valence-electron chi connectivity index (χ0n) is 15.6. The van der Waals surface area contributed by atoms with E-state index in [-0.39, 0.29) is 17.5 Å². The molecule has 29 heavy (non-hydrogen) atoms. The van der Waals surface area contributed by atoms with E-state index in [4.69, 9.17) is 16.9 Å². The third-order valence-corrected chi connectivity index (χ3v) is 5.77. The van der Waals surface area contributed by atoms with E-state index in [0.29, 0.717) is 27.6 Å². The van der Waals surface area contributed by atoms with Gasteiger partial charge in [0.1, 0.15) is 11.5 Å². The van der Waals surface area contributed by atoms with Gasteiger partial charge < -0.3 is 4.90 Å². The Morgan fingerprint density at radius 1 is 1.34 bits per heavy atom. The molecule has 0 aliphatic rings. The van der Waals surface area contributed by atoms with Gasteiger partial charge in [0.2, 0.25) is 0 Å². The Balaban J connectivity index is 2.05. The number of hydrogen-bond donors (Lipinski definition) is 1. The molecule has 1 N–H and O–H groups in total. The molecule has 2 aromatic carbocycles. The Labute approximate surface area is 181 Å². The number of hydrogen-bond acceptors (Lipinski definition) is 6. The second kappa shape index (κ2) is 9.27. The lowest BCUT2D eigenvalue weighted by molar-refractivity contribution is 0.0980. The zero-order chi connectivity index (χ0) is 21.0. The van der Waals surface area contributed by atoms with Gasteiger partial charge in [-0.05, 0) is 37.3 Å². The Kier molecular flexibility index (Phi) is 6.75. The molecular formula is C20H16ClFN4OS2. The molecule has 0 atom stereocenters. The topological polar surface area (TPSA) is 69.0 Å². The first-order valence-electron chi connectivity index (χ1n) is 8.46. The summed E-state index contributed by atoms with van der Waals surface area (Å²) >= 11 is 8.47. The number of halogens is 2. The minimum absolute atomic E-state index is 0.0395. The molecule has 1 amide bonds. The van der Waals surface area contributed by atoms with Crippen molar-refractivity contribution in [2.24, 2.45) is 0 Å².